The van der Waals surface area contributed by atoms with Gasteiger partial charge in [-0.2, -0.15) is 0 Å². The molecule has 5 heteroatoms. The lowest BCUT2D eigenvalue weighted by molar-refractivity contribution is 0.800. The van der Waals surface area contributed by atoms with E-state index in [1.165, 1.54) is 5.56 Å². The number of aryl methyl sites for hydroxylation is 2. The Bertz CT molecular complexity index is 1080. The molecule has 0 aliphatic rings. The highest BCUT2D eigenvalue weighted by molar-refractivity contribution is 5.77. The lowest BCUT2D eigenvalue weighted by atomic mass is 10.0. The minimum absolute atomic E-state index is 0.0513. The van der Waals surface area contributed by atoms with Gasteiger partial charge in [-0.1, -0.05) is 6.07 Å². The summed E-state index contributed by atoms with van der Waals surface area (Å²) in [5, 5.41) is 0.941. The molecule has 4 aromatic rings. The van der Waals surface area contributed by atoms with E-state index >= 15 is 0 Å². The number of pyridine rings is 4. The van der Waals surface area contributed by atoms with E-state index in [0.29, 0.717) is 17.9 Å². The number of hydrogen-bond donors (Lipinski definition) is 0. The van der Waals surface area contributed by atoms with Crippen LogP contribution in [0.25, 0.3) is 16.9 Å². The third-order valence-corrected chi connectivity index (χ3v) is 4.38. The molecule has 4 aromatic heterocycles. The van der Waals surface area contributed by atoms with Crippen LogP contribution in [0.4, 0.5) is 0 Å². The molecule has 0 bridgehead atoms. The van der Waals surface area contributed by atoms with Crippen molar-refractivity contribution in [3.63, 3.8) is 0 Å². The zero-order valence-electron chi connectivity index (χ0n) is 14.2. The Labute approximate surface area is 151 Å². The Morgan fingerprint density at radius 2 is 1.69 bits per heavy atom. The van der Waals surface area contributed by atoms with Crippen LogP contribution in [0, 0.1) is 0 Å². The van der Waals surface area contributed by atoms with E-state index in [1.54, 1.807) is 29.4 Å². The number of aromatic nitrogens is 4. The Morgan fingerprint density at radius 3 is 2.50 bits per heavy atom. The standard InChI is InChI=1S/C21H18N4O/c26-21-18(6-3-5-16-9-13-22-14-10-16)15-17-7-4-12-24-20(17)25(21)19-8-1-2-11-23-19/h1-2,4,7-15H,3,5-6H2. The Kier molecular flexibility index (Phi) is 4.51. The number of hydrogen-bond acceptors (Lipinski definition) is 4. The minimum atomic E-state index is -0.0513. The minimum Gasteiger partial charge on any atom is -0.269 e. The lowest BCUT2D eigenvalue weighted by Gasteiger charge is -2.11. The van der Waals surface area contributed by atoms with Crippen molar-refractivity contribution in [2.24, 2.45) is 0 Å². The van der Waals surface area contributed by atoms with E-state index in [4.69, 9.17) is 0 Å². The third kappa shape index (κ3) is 3.24. The fourth-order valence-electron chi connectivity index (χ4n) is 3.11. The van der Waals surface area contributed by atoms with Gasteiger partial charge < -0.3 is 0 Å². The van der Waals surface area contributed by atoms with Gasteiger partial charge in [-0.15, -0.1) is 0 Å². The van der Waals surface area contributed by atoms with E-state index in [0.717, 1.165) is 23.8 Å². The van der Waals surface area contributed by atoms with Crippen molar-refractivity contribution in [1.82, 2.24) is 19.5 Å². The van der Waals surface area contributed by atoms with Gasteiger partial charge in [-0.3, -0.25) is 9.78 Å². The highest BCUT2D eigenvalue weighted by Gasteiger charge is 2.12. The smallest absolute Gasteiger partial charge is 0.261 e. The SMILES string of the molecule is O=c1c(CCCc2ccncc2)cc2cccnc2n1-c1ccccn1. The first-order valence-corrected chi connectivity index (χ1v) is 8.63. The van der Waals surface area contributed by atoms with Crippen LogP contribution < -0.4 is 5.56 Å². The van der Waals surface area contributed by atoms with Gasteiger partial charge in [-0.25, -0.2) is 14.5 Å². The van der Waals surface area contributed by atoms with Gasteiger partial charge in [-0.05, 0) is 67.3 Å². The van der Waals surface area contributed by atoms with Crippen LogP contribution in [0.1, 0.15) is 17.5 Å². The van der Waals surface area contributed by atoms with Crippen LogP contribution >= 0.6 is 0 Å². The molecule has 4 heterocycles. The second-order valence-corrected chi connectivity index (χ2v) is 6.12. The largest absolute Gasteiger partial charge is 0.269 e. The quantitative estimate of drug-likeness (QED) is 0.558. The molecule has 0 spiro atoms. The molecule has 0 amide bonds. The van der Waals surface area contributed by atoms with Crippen LogP contribution in [0.5, 0.6) is 0 Å². The molecule has 0 aliphatic heterocycles. The zero-order chi connectivity index (χ0) is 17.8. The van der Waals surface area contributed by atoms with Gasteiger partial charge in [0.1, 0.15) is 11.5 Å². The highest BCUT2D eigenvalue weighted by atomic mass is 16.1. The van der Waals surface area contributed by atoms with E-state index in [9.17, 15) is 4.79 Å². The van der Waals surface area contributed by atoms with Crippen molar-refractivity contribution in [2.45, 2.75) is 19.3 Å². The fourth-order valence-corrected chi connectivity index (χ4v) is 3.11. The summed E-state index contributed by atoms with van der Waals surface area (Å²) in [6.07, 6.45) is 9.50. The molecule has 0 saturated carbocycles. The number of nitrogens with zero attached hydrogens (tertiary/aromatic N) is 4. The van der Waals surface area contributed by atoms with Gasteiger partial charge >= 0.3 is 0 Å². The second-order valence-electron chi connectivity index (χ2n) is 6.12. The summed E-state index contributed by atoms with van der Waals surface area (Å²) in [6.45, 7) is 0. The van der Waals surface area contributed by atoms with Crippen LogP contribution in [0.3, 0.4) is 0 Å². The van der Waals surface area contributed by atoms with Gasteiger partial charge in [0.25, 0.3) is 5.56 Å². The maximum atomic E-state index is 13.1. The van der Waals surface area contributed by atoms with Gasteiger partial charge in [0, 0.05) is 35.7 Å². The molecule has 0 radical (unpaired) electrons. The zero-order valence-corrected chi connectivity index (χ0v) is 14.2. The summed E-state index contributed by atoms with van der Waals surface area (Å²) in [7, 11) is 0. The van der Waals surface area contributed by atoms with E-state index in [-0.39, 0.29) is 5.56 Å². The average Bonchev–Trinajstić information content (AvgIpc) is 2.70. The molecule has 0 aromatic carbocycles. The van der Waals surface area contributed by atoms with Gasteiger partial charge in [0.15, 0.2) is 0 Å². The summed E-state index contributed by atoms with van der Waals surface area (Å²) in [5.74, 6) is 0.595. The first kappa shape index (κ1) is 16.1. The molecule has 128 valence electrons. The maximum absolute atomic E-state index is 13.1. The molecule has 0 fully saturated rings. The number of fused-ring (bicyclic) bond motifs is 1. The first-order valence-electron chi connectivity index (χ1n) is 8.63. The summed E-state index contributed by atoms with van der Waals surface area (Å²) in [4.78, 5) is 25.9. The highest BCUT2D eigenvalue weighted by Crippen LogP contribution is 2.15. The Balaban J connectivity index is 1.71. The monoisotopic (exact) mass is 342 g/mol. The van der Waals surface area contributed by atoms with E-state index in [1.807, 2.05) is 48.5 Å². The molecule has 0 N–H and O–H groups in total. The predicted octanol–water partition coefficient (Wildman–Crippen LogP) is 3.35. The summed E-state index contributed by atoms with van der Waals surface area (Å²) in [5.41, 5.74) is 2.59. The molecular formula is C21H18N4O. The maximum Gasteiger partial charge on any atom is 0.261 e. The Morgan fingerprint density at radius 1 is 0.846 bits per heavy atom. The van der Waals surface area contributed by atoms with Crippen molar-refractivity contribution < 1.29 is 0 Å². The molecule has 0 unspecified atom stereocenters. The van der Waals surface area contributed by atoms with Crippen molar-refractivity contribution in [3.8, 4) is 5.82 Å². The summed E-state index contributed by atoms with van der Waals surface area (Å²) in [6, 6.07) is 15.4. The molecule has 26 heavy (non-hydrogen) atoms. The van der Waals surface area contributed by atoms with Crippen molar-refractivity contribution in [3.05, 3.63) is 94.8 Å². The topological polar surface area (TPSA) is 60.7 Å². The lowest BCUT2D eigenvalue weighted by Crippen LogP contribution is -2.24. The van der Waals surface area contributed by atoms with Crippen molar-refractivity contribution in [2.75, 3.05) is 0 Å². The van der Waals surface area contributed by atoms with E-state index in [2.05, 4.69) is 15.0 Å². The van der Waals surface area contributed by atoms with Crippen LogP contribution in [-0.4, -0.2) is 19.5 Å². The first-order chi connectivity index (χ1) is 12.8. The summed E-state index contributed by atoms with van der Waals surface area (Å²) < 4.78 is 1.61. The fraction of sp³-hybridized carbons (Fsp3) is 0.143. The molecule has 4 rings (SSSR count). The van der Waals surface area contributed by atoms with Crippen LogP contribution in [-0.2, 0) is 12.8 Å². The van der Waals surface area contributed by atoms with Gasteiger partial charge in [0.2, 0.25) is 0 Å². The average molecular weight is 342 g/mol. The van der Waals surface area contributed by atoms with Crippen LogP contribution in [0.2, 0.25) is 0 Å². The normalized spacial score (nSPS) is 10.9. The van der Waals surface area contributed by atoms with Crippen LogP contribution in [0.15, 0.2) is 78.1 Å². The van der Waals surface area contributed by atoms with E-state index < -0.39 is 0 Å². The third-order valence-electron chi connectivity index (χ3n) is 4.38. The molecule has 0 aliphatic carbocycles. The number of rotatable bonds is 5. The van der Waals surface area contributed by atoms with Crippen molar-refractivity contribution >= 4 is 11.0 Å². The van der Waals surface area contributed by atoms with Gasteiger partial charge in [0.05, 0.1) is 0 Å². The second kappa shape index (κ2) is 7.27. The van der Waals surface area contributed by atoms with Crippen molar-refractivity contribution in [1.29, 1.82) is 0 Å². The molecule has 0 saturated heterocycles. The molecule has 5 nitrogen and oxygen atoms in total. The summed E-state index contributed by atoms with van der Waals surface area (Å²) >= 11 is 0. The Hall–Kier alpha value is -3.34. The molecule has 0 atom stereocenters. The predicted molar refractivity (Wildman–Crippen MR) is 101 cm³/mol. The molecular weight excluding hydrogens is 324 g/mol.